The molecule has 0 amide bonds. The predicted octanol–water partition coefficient (Wildman–Crippen LogP) is 4.44. The number of anilines is 1. The molecule has 1 saturated heterocycles. The molecular weight excluding hydrogens is 530 g/mol. The van der Waals surface area contributed by atoms with Crippen molar-refractivity contribution in [2.45, 2.75) is 33.4 Å². The highest BCUT2D eigenvalue weighted by molar-refractivity contribution is 6.31. The largest absolute Gasteiger partial charge is 0.485 e. The van der Waals surface area contributed by atoms with E-state index in [4.69, 9.17) is 26.1 Å². The van der Waals surface area contributed by atoms with Crippen LogP contribution in [0.5, 0.6) is 5.75 Å². The minimum absolute atomic E-state index is 0.0629. The van der Waals surface area contributed by atoms with E-state index < -0.39 is 17.2 Å². The van der Waals surface area contributed by atoms with Gasteiger partial charge in [-0.15, -0.1) is 0 Å². The summed E-state index contributed by atoms with van der Waals surface area (Å²) in [6.07, 6.45) is 4.23. The molecule has 39 heavy (non-hydrogen) atoms. The van der Waals surface area contributed by atoms with Gasteiger partial charge in [-0.3, -0.25) is 19.3 Å². The normalized spacial score (nSPS) is 15.4. The highest BCUT2D eigenvalue weighted by Gasteiger charge is 2.22. The van der Waals surface area contributed by atoms with Gasteiger partial charge in [0.05, 0.1) is 42.5 Å². The quantitative estimate of drug-likeness (QED) is 0.345. The Morgan fingerprint density at radius 3 is 2.72 bits per heavy atom. The SMILES string of the molecule is Cc1cnc(-c2ccnc(N3CCOC[C@H]3C)n2)cc1-n1c(C)cc(OCc2ncc(F)cc2F)c(Cl)c1=O. The highest BCUT2D eigenvalue weighted by atomic mass is 35.5. The van der Waals surface area contributed by atoms with Crippen LogP contribution in [0.1, 0.15) is 23.9 Å². The zero-order valence-corrected chi connectivity index (χ0v) is 22.2. The summed E-state index contributed by atoms with van der Waals surface area (Å²) >= 11 is 6.40. The average molecular weight is 555 g/mol. The molecule has 0 saturated carbocycles. The molecule has 0 aliphatic carbocycles. The van der Waals surface area contributed by atoms with Gasteiger partial charge in [0.15, 0.2) is 5.82 Å². The van der Waals surface area contributed by atoms with Crippen molar-refractivity contribution in [3.05, 3.63) is 86.8 Å². The number of nitrogens with zero attached hydrogens (tertiary/aromatic N) is 6. The van der Waals surface area contributed by atoms with Crippen LogP contribution in [0.25, 0.3) is 17.1 Å². The topological polar surface area (TPSA) is 95.3 Å². The van der Waals surface area contributed by atoms with E-state index in [9.17, 15) is 13.6 Å². The molecule has 0 bridgehead atoms. The molecule has 4 aromatic rings. The van der Waals surface area contributed by atoms with Gasteiger partial charge in [-0.2, -0.15) is 0 Å². The summed E-state index contributed by atoms with van der Waals surface area (Å²) in [4.78, 5) is 32.9. The third kappa shape index (κ3) is 5.45. The van der Waals surface area contributed by atoms with Gasteiger partial charge in [0.2, 0.25) is 5.95 Å². The molecule has 0 spiro atoms. The molecule has 1 fully saturated rings. The fourth-order valence-electron chi connectivity index (χ4n) is 4.33. The van der Waals surface area contributed by atoms with Gasteiger partial charge < -0.3 is 14.4 Å². The van der Waals surface area contributed by atoms with Crippen LogP contribution in [-0.2, 0) is 11.3 Å². The van der Waals surface area contributed by atoms with Crippen LogP contribution in [0.2, 0.25) is 5.02 Å². The standard InChI is InChI=1S/C27H25ClF2N6O3/c1-15-11-32-21(20-4-5-31-27(34-20)35-6-7-38-13-17(35)3)10-23(15)36-16(2)8-24(25(28)26(36)37)39-14-22-19(30)9-18(29)12-33-22/h4-5,8-12,17H,6-7,13-14H2,1-3H3/t17-/m1/s1. The predicted molar refractivity (Wildman–Crippen MR) is 141 cm³/mol. The number of hydrogen-bond donors (Lipinski definition) is 0. The minimum Gasteiger partial charge on any atom is -0.485 e. The maximum Gasteiger partial charge on any atom is 0.277 e. The summed E-state index contributed by atoms with van der Waals surface area (Å²) in [6, 6.07) is 5.95. The van der Waals surface area contributed by atoms with E-state index in [1.165, 1.54) is 4.57 Å². The van der Waals surface area contributed by atoms with Crippen LogP contribution in [0.3, 0.4) is 0 Å². The van der Waals surface area contributed by atoms with Crippen LogP contribution in [0, 0.1) is 25.5 Å². The van der Waals surface area contributed by atoms with Crippen molar-refractivity contribution in [2.24, 2.45) is 0 Å². The molecule has 4 aromatic heterocycles. The van der Waals surface area contributed by atoms with Crippen molar-refractivity contribution in [1.29, 1.82) is 0 Å². The van der Waals surface area contributed by atoms with Gasteiger partial charge in [-0.05, 0) is 38.5 Å². The van der Waals surface area contributed by atoms with Crippen molar-refractivity contribution >= 4 is 17.5 Å². The van der Waals surface area contributed by atoms with Crippen molar-refractivity contribution in [3.63, 3.8) is 0 Å². The lowest BCUT2D eigenvalue weighted by molar-refractivity contribution is 0.0981. The first kappa shape index (κ1) is 26.6. The molecule has 5 heterocycles. The Hall–Kier alpha value is -3.96. The van der Waals surface area contributed by atoms with Gasteiger partial charge in [-0.25, -0.2) is 18.7 Å². The van der Waals surface area contributed by atoms with Crippen molar-refractivity contribution in [2.75, 3.05) is 24.7 Å². The van der Waals surface area contributed by atoms with Crippen LogP contribution in [0.15, 0.2) is 47.7 Å². The maximum absolute atomic E-state index is 14.0. The van der Waals surface area contributed by atoms with E-state index in [-0.39, 0.29) is 29.1 Å². The Balaban J connectivity index is 1.47. The Morgan fingerprint density at radius 2 is 1.95 bits per heavy atom. The number of aryl methyl sites for hydroxylation is 2. The second-order valence-electron chi connectivity index (χ2n) is 9.19. The molecule has 9 nitrogen and oxygen atoms in total. The summed E-state index contributed by atoms with van der Waals surface area (Å²) in [6.45, 7) is 7.16. The van der Waals surface area contributed by atoms with E-state index in [2.05, 4.69) is 26.8 Å². The lowest BCUT2D eigenvalue weighted by atomic mass is 10.1. The minimum atomic E-state index is -0.855. The number of pyridine rings is 3. The molecular formula is C27H25ClF2N6O3. The van der Waals surface area contributed by atoms with Crippen LogP contribution < -0.4 is 15.2 Å². The molecule has 1 aliphatic heterocycles. The molecule has 1 aliphatic rings. The van der Waals surface area contributed by atoms with Gasteiger partial charge in [-0.1, -0.05) is 11.6 Å². The first-order valence-corrected chi connectivity index (χ1v) is 12.6. The third-order valence-electron chi connectivity index (χ3n) is 6.39. The van der Waals surface area contributed by atoms with Crippen molar-refractivity contribution in [3.8, 4) is 22.8 Å². The number of ether oxygens (including phenoxy) is 2. The smallest absolute Gasteiger partial charge is 0.277 e. The molecule has 0 N–H and O–H groups in total. The van der Waals surface area contributed by atoms with Gasteiger partial charge in [0.1, 0.15) is 28.9 Å². The molecule has 0 unspecified atom stereocenters. The number of hydrogen-bond acceptors (Lipinski definition) is 8. The zero-order valence-electron chi connectivity index (χ0n) is 21.5. The van der Waals surface area contributed by atoms with Gasteiger partial charge in [0, 0.05) is 36.8 Å². The van der Waals surface area contributed by atoms with Crippen LogP contribution >= 0.6 is 11.6 Å². The molecule has 202 valence electrons. The van der Waals surface area contributed by atoms with Crippen molar-refractivity contribution < 1.29 is 18.3 Å². The van der Waals surface area contributed by atoms with Crippen LogP contribution in [-0.4, -0.2) is 50.3 Å². The third-order valence-corrected chi connectivity index (χ3v) is 6.74. The Labute approximate surface area is 228 Å². The first-order chi connectivity index (χ1) is 18.7. The molecule has 12 heteroatoms. The molecule has 0 aromatic carbocycles. The first-order valence-electron chi connectivity index (χ1n) is 12.2. The number of aromatic nitrogens is 5. The van der Waals surface area contributed by atoms with Gasteiger partial charge in [0.25, 0.3) is 5.56 Å². The lowest BCUT2D eigenvalue weighted by Gasteiger charge is -2.33. The summed E-state index contributed by atoms with van der Waals surface area (Å²) in [5, 5.41) is -0.188. The van der Waals surface area contributed by atoms with E-state index in [0.717, 1.165) is 11.8 Å². The second kappa shape index (κ2) is 11.0. The number of halogens is 3. The van der Waals surface area contributed by atoms with E-state index in [1.54, 1.807) is 37.5 Å². The second-order valence-corrected chi connectivity index (χ2v) is 9.57. The zero-order chi connectivity index (χ0) is 27.7. The summed E-state index contributed by atoms with van der Waals surface area (Å²) in [5.74, 6) is -1.01. The summed E-state index contributed by atoms with van der Waals surface area (Å²) < 4.78 is 39.7. The summed E-state index contributed by atoms with van der Waals surface area (Å²) in [7, 11) is 0. The van der Waals surface area contributed by atoms with E-state index >= 15 is 0 Å². The lowest BCUT2D eigenvalue weighted by Crippen LogP contribution is -2.44. The molecule has 0 radical (unpaired) electrons. The molecule has 5 rings (SSSR count). The molecule has 1 atom stereocenters. The number of morpholine rings is 1. The highest BCUT2D eigenvalue weighted by Crippen LogP contribution is 2.28. The fourth-order valence-corrected chi connectivity index (χ4v) is 4.52. The van der Waals surface area contributed by atoms with Crippen LogP contribution in [0.4, 0.5) is 14.7 Å². The van der Waals surface area contributed by atoms with Gasteiger partial charge >= 0.3 is 0 Å². The average Bonchev–Trinajstić information content (AvgIpc) is 2.92. The maximum atomic E-state index is 14.0. The Morgan fingerprint density at radius 1 is 1.13 bits per heavy atom. The fraction of sp³-hybridized carbons (Fsp3) is 0.296. The monoisotopic (exact) mass is 554 g/mol. The van der Waals surface area contributed by atoms with E-state index in [0.29, 0.717) is 54.5 Å². The summed E-state index contributed by atoms with van der Waals surface area (Å²) in [5.41, 5.74) is 2.36. The van der Waals surface area contributed by atoms with Crippen molar-refractivity contribution in [1.82, 2.24) is 24.5 Å². The Kier molecular flexibility index (Phi) is 7.53. The number of rotatable bonds is 6. The van der Waals surface area contributed by atoms with E-state index in [1.807, 2.05) is 6.92 Å². The Bertz CT molecular complexity index is 1600.